The van der Waals surface area contributed by atoms with Crippen LogP contribution in [0.4, 0.5) is 10.1 Å². The Morgan fingerprint density at radius 2 is 1.86 bits per heavy atom. The predicted octanol–water partition coefficient (Wildman–Crippen LogP) is 3.82. The molecule has 0 spiro atoms. The van der Waals surface area contributed by atoms with Gasteiger partial charge in [-0.3, -0.25) is 14.7 Å². The standard InChI is InChI=1S/C26H28FN7O2/c1-25(2,3)19-12-20(16-6-8-17(27)9-7-16)31-34-15-21(30-22(19)34)23(35)33-11-10-32(18-13-28-29-14-18)24(36)26(33,4)5/h6-9,12-15H,10-11H2,1-5H3,(H,28,29). The number of nitrogens with one attached hydrogen (secondary N) is 1. The quantitative estimate of drug-likeness (QED) is 0.472. The third-order valence-corrected chi connectivity index (χ3v) is 6.62. The van der Waals surface area contributed by atoms with E-state index in [9.17, 15) is 14.0 Å². The Morgan fingerprint density at radius 3 is 2.50 bits per heavy atom. The Labute approximate surface area is 207 Å². The number of carbonyl (C=O) groups is 2. The van der Waals surface area contributed by atoms with E-state index in [2.05, 4.69) is 41.1 Å². The Hall–Kier alpha value is -4.08. The second kappa shape index (κ2) is 8.25. The fraction of sp³-hybridized carbons (Fsp3) is 0.346. The van der Waals surface area contributed by atoms with Crippen molar-refractivity contribution < 1.29 is 14.0 Å². The number of amides is 2. The molecular formula is C26H28FN7O2. The highest BCUT2D eigenvalue weighted by atomic mass is 19.1. The van der Waals surface area contributed by atoms with E-state index in [0.717, 1.165) is 11.1 Å². The number of imidazole rings is 1. The number of hydrogen-bond donors (Lipinski definition) is 1. The van der Waals surface area contributed by atoms with Crippen LogP contribution in [0.1, 0.15) is 50.7 Å². The van der Waals surface area contributed by atoms with Crippen LogP contribution in [-0.2, 0) is 10.2 Å². The van der Waals surface area contributed by atoms with Crippen LogP contribution in [0.25, 0.3) is 16.9 Å². The molecule has 5 rings (SSSR count). The van der Waals surface area contributed by atoms with Gasteiger partial charge in [0.1, 0.15) is 17.1 Å². The largest absolute Gasteiger partial charge is 0.321 e. The van der Waals surface area contributed by atoms with Gasteiger partial charge in [0.15, 0.2) is 5.65 Å². The van der Waals surface area contributed by atoms with Gasteiger partial charge in [0.25, 0.3) is 11.8 Å². The lowest BCUT2D eigenvalue weighted by molar-refractivity contribution is -0.129. The minimum Gasteiger partial charge on any atom is -0.321 e. The van der Waals surface area contributed by atoms with Crippen molar-refractivity contribution in [2.75, 3.05) is 18.0 Å². The van der Waals surface area contributed by atoms with E-state index in [-0.39, 0.29) is 28.7 Å². The monoisotopic (exact) mass is 489 g/mol. The maximum absolute atomic E-state index is 13.7. The summed E-state index contributed by atoms with van der Waals surface area (Å²) in [5, 5.41) is 11.3. The van der Waals surface area contributed by atoms with Gasteiger partial charge in [0, 0.05) is 30.4 Å². The van der Waals surface area contributed by atoms with Crippen molar-refractivity contribution in [3.05, 3.63) is 66.0 Å². The summed E-state index contributed by atoms with van der Waals surface area (Å²) in [7, 11) is 0. The Bertz CT molecular complexity index is 1450. The lowest BCUT2D eigenvalue weighted by Gasteiger charge is -2.45. The van der Waals surface area contributed by atoms with E-state index in [1.807, 2.05) is 6.07 Å². The molecule has 0 aliphatic carbocycles. The van der Waals surface area contributed by atoms with Gasteiger partial charge in [0.2, 0.25) is 0 Å². The number of carbonyl (C=O) groups excluding carboxylic acids is 2. The molecule has 2 amide bonds. The zero-order valence-electron chi connectivity index (χ0n) is 20.9. The number of anilines is 1. The van der Waals surface area contributed by atoms with E-state index >= 15 is 0 Å². The molecule has 10 heteroatoms. The number of aromatic amines is 1. The molecule has 1 fully saturated rings. The minimum absolute atomic E-state index is 0.195. The minimum atomic E-state index is -1.08. The molecule has 0 saturated carbocycles. The topological polar surface area (TPSA) is 99.5 Å². The van der Waals surface area contributed by atoms with Gasteiger partial charge in [-0.2, -0.15) is 10.2 Å². The molecule has 1 saturated heterocycles. The Kier molecular flexibility index (Phi) is 5.42. The van der Waals surface area contributed by atoms with Crippen molar-refractivity contribution in [2.24, 2.45) is 0 Å². The van der Waals surface area contributed by atoms with Crippen molar-refractivity contribution in [1.82, 2.24) is 29.7 Å². The molecule has 4 aromatic rings. The van der Waals surface area contributed by atoms with Gasteiger partial charge in [-0.15, -0.1) is 0 Å². The van der Waals surface area contributed by atoms with Crippen LogP contribution in [0.2, 0.25) is 0 Å². The number of piperazine rings is 1. The fourth-order valence-corrected chi connectivity index (χ4v) is 4.55. The molecule has 1 aliphatic rings. The highest BCUT2D eigenvalue weighted by molar-refractivity contribution is 6.05. The Balaban J connectivity index is 1.53. The SMILES string of the molecule is CC(C)(C)c1cc(-c2ccc(F)cc2)nn2cc(C(=O)N3CCN(c4cn[nH]c4)C(=O)C3(C)C)nc12. The Morgan fingerprint density at radius 1 is 1.14 bits per heavy atom. The lowest BCUT2D eigenvalue weighted by atomic mass is 9.87. The van der Waals surface area contributed by atoms with E-state index < -0.39 is 5.54 Å². The van der Waals surface area contributed by atoms with Crippen molar-refractivity contribution >= 4 is 23.1 Å². The van der Waals surface area contributed by atoms with Gasteiger partial charge in [-0.1, -0.05) is 20.8 Å². The summed E-state index contributed by atoms with van der Waals surface area (Å²) in [6.45, 7) is 10.3. The first kappa shape index (κ1) is 23.7. The summed E-state index contributed by atoms with van der Waals surface area (Å²) in [6, 6.07) is 8.06. The first-order valence-electron chi connectivity index (χ1n) is 11.8. The number of benzene rings is 1. The van der Waals surface area contributed by atoms with Crippen LogP contribution in [-0.4, -0.2) is 60.1 Å². The summed E-state index contributed by atoms with van der Waals surface area (Å²) < 4.78 is 15.1. The number of halogens is 1. The van der Waals surface area contributed by atoms with E-state index in [4.69, 9.17) is 0 Å². The first-order chi connectivity index (χ1) is 17.0. The maximum atomic E-state index is 13.7. The van der Waals surface area contributed by atoms with Crippen molar-refractivity contribution in [2.45, 2.75) is 45.6 Å². The van der Waals surface area contributed by atoms with E-state index in [1.54, 1.807) is 58.9 Å². The van der Waals surface area contributed by atoms with Crippen molar-refractivity contribution in [3.63, 3.8) is 0 Å². The normalized spacial score (nSPS) is 16.1. The molecule has 0 bridgehead atoms. The molecule has 0 atom stereocenters. The fourth-order valence-electron chi connectivity index (χ4n) is 4.55. The van der Waals surface area contributed by atoms with Gasteiger partial charge in [0.05, 0.1) is 23.8 Å². The molecular weight excluding hydrogens is 461 g/mol. The number of nitrogens with zero attached hydrogens (tertiary/aromatic N) is 6. The summed E-state index contributed by atoms with van der Waals surface area (Å²) in [4.78, 5) is 34.8. The third kappa shape index (κ3) is 3.92. The van der Waals surface area contributed by atoms with E-state index in [0.29, 0.717) is 30.1 Å². The average molecular weight is 490 g/mol. The number of H-pyrrole nitrogens is 1. The molecule has 36 heavy (non-hydrogen) atoms. The number of fused-ring (bicyclic) bond motifs is 1. The van der Waals surface area contributed by atoms with Gasteiger partial charge in [-0.05, 0) is 49.6 Å². The average Bonchev–Trinajstić information content (AvgIpc) is 3.49. The molecule has 186 valence electrons. The smallest absolute Gasteiger partial charge is 0.275 e. The van der Waals surface area contributed by atoms with Crippen molar-refractivity contribution in [1.29, 1.82) is 0 Å². The van der Waals surface area contributed by atoms with Gasteiger partial charge < -0.3 is 9.80 Å². The lowest BCUT2D eigenvalue weighted by Crippen LogP contribution is -2.64. The first-order valence-corrected chi connectivity index (χ1v) is 11.8. The third-order valence-electron chi connectivity index (χ3n) is 6.62. The van der Waals surface area contributed by atoms with Gasteiger partial charge >= 0.3 is 0 Å². The molecule has 3 aromatic heterocycles. The molecule has 1 N–H and O–H groups in total. The zero-order valence-corrected chi connectivity index (χ0v) is 20.9. The molecule has 9 nitrogen and oxygen atoms in total. The highest BCUT2D eigenvalue weighted by Crippen LogP contribution is 2.31. The summed E-state index contributed by atoms with van der Waals surface area (Å²) in [5.74, 6) is -0.857. The van der Waals surface area contributed by atoms with E-state index in [1.165, 1.54) is 12.1 Å². The molecule has 0 radical (unpaired) electrons. The molecule has 1 aliphatic heterocycles. The molecule has 0 unspecified atom stereocenters. The number of hydrogen-bond acceptors (Lipinski definition) is 5. The van der Waals surface area contributed by atoms with Crippen LogP contribution in [0.5, 0.6) is 0 Å². The summed E-state index contributed by atoms with van der Waals surface area (Å²) >= 11 is 0. The highest BCUT2D eigenvalue weighted by Gasteiger charge is 2.45. The molecule has 4 heterocycles. The van der Waals surface area contributed by atoms with Crippen LogP contribution < -0.4 is 4.90 Å². The van der Waals surface area contributed by atoms with Crippen LogP contribution in [0, 0.1) is 5.82 Å². The van der Waals surface area contributed by atoms with Crippen LogP contribution >= 0.6 is 0 Å². The second-order valence-corrected chi connectivity index (χ2v) is 10.5. The van der Waals surface area contributed by atoms with Crippen LogP contribution in [0.15, 0.2) is 48.9 Å². The summed E-state index contributed by atoms with van der Waals surface area (Å²) in [6.07, 6.45) is 4.85. The second-order valence-electron chi connectivity index (χ2n) is 10.5. The predicted molar refractivity (Wildman–Crippen MR) is 133 cm³/mol. The molecule has 1 aromatic carbocycles. The number of aromatic nitrogens is 5. The zero-order chi connectivity index (χ0) is 25.8. The number of rotatable bonds is 3. The maximum Gasteiger partial charge on any atom is 0.275 e. The summed E-state index contributed by atoms with van der Waals surface area (Å²) in [5.41, 5.74) is 2.37. The van der Waals surface area contributed by atoms with Crippen LogP contribution in [0.3, 0.4) is 0 Å². The van der Waals surface area contributed by atoms with Crippen molar-refractivity contribution in [3.8, 4) is 11.3 Å². The van der Waals surface area contributed by atoms with Gasteiger partial charge in [-0.25, -0.2) is 13.9 Å².